The van der Waals surface area contributed by atoms with Crippen LogP contribution in [-0.2, 0) is 6.42 Å². The van der Waals surface area contributed by atoms with Gasteiger partial charge in [0.05, 0.1) is 17.2 Å². The molecule has 0 amide bonds. The van der Waals surface area contributed by atoms with E-state index in [1.165, 1.54) is 5.56 Å². The smallest absolute Gasteiger partial charge is 0.170 e. The van der Waals surface area contributed by atoms with Crippen LogP contribution in [0.15, 0.2) is 42.5 Å². The molecule has 0 aliphatic rings. The second-order valence-corrected chi connectivity index (χ2v) is 5.83. The minimum atomic E-state index is 0.493. The van der Waals surface area contributed by atoms with E-state index in [4.69, 9.17) is 40.2 Å². The van der Waals surface area contributed by atoms with Crippen molar-refractivity contribution in [2.45, 2.75) is 6.42 Å². The Bertz CT molecular complexity index is 647. The molecule has 0 bridgehead atoms. The van der Waals surface area contributed by atoms with Gasteiger partial charge in [0.1, 0.15) is 5.75 Å². The number of thiocarbonyl (C=S) groups is 1. The second-order valence-electron chi connectivity index (χ2n) is 4.61. The lowest BCUT2D eigenvalue weighted by Gasteiger charge is -2.11. The monoisotopic (exact) mass is 354 g/mol. The van der Waals surface area contributed by atoms with Crippen molar-refractivity contribution in [1.29, 1.82) is 0 Å². The van der Waals surface area contributed by atoms with Gasteiger partial charge in [0, 0.05) is 12.2 Å². The molecule has 0 heterocycles. The summed E-state index contributed by atoms with van der Waals surface area (Å²) in [4.78, 5) is 0. The average molecular weight is 355 g/mol. The summed E-state index contributed by atoms with van der Waals surface area (Å²) in [6.07, 6.45) is 0.868. The van der Waals surface area contributed by atoms with E-state index < -0.39 is 0 Å². The summed E-state index contributed by atoms with van der Waals surface area (Å²) in [6.45, 7) is 0.736. The van der Waals surface area contributed by atoms with Crippen molar-refractivity contribution in [3.8, 4) is 5.75 Å². The summed E-state index contributed by atoms with van der Waals surface area (Å²) in [6, 6.07) is 13.3. The van der Waals surface area contributed by atoms with E-state index in [9.17, 15) is 0 Å². The van der Waals surface area contributed by atoms with Crippen LogP contribution >= 0.6 is 35.4 Å². The lowest BCUT2D eigenvalue weighted by atomic mass is 10.1. The first-order chi connectivity index (χ1) is 10.6. The van der Waals surface area contributed by atoms with E-state index in [-0.39, 0.29) is 0 Å². The SMILES string of the molecule is COc1ccc(CCNC(=S)Nc2ccc(Cl)c(Cl)c2)cc1. The molecule has 6 heteroatoms. The standard InChI is InChI=1S/C16H16Cl2N2OS/c1-21-13-5-2-11(3-6-13)8-9-19-16(22)20-12-4-7-14(17)15(18)10-12/h2-7,10H,8-9H2,1H3,(H2,19,20,22). The normalized spacial score (nSPS) is 10.1. The Morgan fingerprint density at radius 2 is 1.82 bits per heavy atom. The number of ether oxygens (including phenoxy) is 1. The predicted octanol–water partition coefficient (Wildman–Crippen LogP) is 4.53. The van der Waals surface area contributed by atoms with Gasteiger partial charge in [-0.25, -0.2) is 0 Å². The highest BCUT2D eigenvalue weighted by molar-refractivity contribution is 7.80. The van der Waals surface area contributed by atoms with Gasteiger partial charge in [-0.15, -0.1) is 0 Å². The molecule has 0 unspecified atom stereocenters. The first-order valence-electron chi connectivity index (χ1n) is 6.71. The summed E-state index contributed by atoms with van der Waals surface area (Å²) in [5, 5.41) is 7.79. The number of hydrogen-bond donors (Lipinski definition) is 2. The van der Waals surface area contributed by atoms with Crippen molar-refractivity contribution in [2.75, 3.05) is 19.0 Å². The third-order valence-corrected chi connectivity index (χ3v) is 4.02. The lowest BCUT2D eigenvalue weighted by Crippen LogP contribution is -2.30. The fraction of sp³-hybridized carbons (Fsp3) is 0.188. The molecule has 2 aromatic rings. The fourth-order valence-corrected chi connectivity index (χ4v) is 2.38. The third-order valence-electron chi connectivity index (χ3n) is 3.04. The van der Waals surface area contributed by atoms with Gasteiger partial charge in [-0.05, 0) is 54.5 Å². The van der Waals surface area contributed by atoms with Crippen molar-refractivity contribution < 1.29 is 4.74 Å². The highest BCUT2D eigenvalue weighted by Crippen LogP contribution is 2.24. The molecular weight excluding hydrogens is 339 g/mol. The number of nitrogens with one attached hydrogen (secondary N) is 2. The Morgan fingerprint density at radius 1 is 1.09 bits per heavy atom. The van der Waals surface area contributed by atoms with E-state index in [0.717, 1.165) is 24.4 Å². The van der Waals surface area contributed by atoms with Gasteiger partial charge >= 0.3 is 0 Å². The lowest BCUT2D eigenvalue weighted by molar-refractivity contribution is 0.414. The number of benzene rings is 2. The van der Waals surface area contributed by atoms with Crippen molar-refractivity contribution in [3.05, 3.63) is 58.1 Å². The quantitative estimate of drug-likeness (QED) is 0.772. The van der Waals surface area contributed by atoms with E-state index in [2.05, 4.69) is 10.6 Å². The summed E-state index contributed by atoms with van der Waals surface area (Å²) in [7, 11) is 1.66. The Hall–Kier alpha value is -1.49. The van der Waals surface area contributed by atoms with Crippen LogP contribution in [0.2, 0.25) is 10.0 Å². The fourth-order valence-electron chi connectivity index (χ4n) is 1.86. The van der Waals surface area contributed by atoms with E-state index in [0.29, 0.717) is 15.2 Å². The molecule has 0 spiro atoms. The summed E-state index contributed by atoms with van der Waals surface area (Å²) >= 11 is 17.1. The van der Waals surface area contributed by atoms with Crippen molar-refractivity contribution in [2.24, 2.45) is 0 Å². The predicted molar refractivity (Wildman–Crippen MR) is 97.4 cm³/mol. The Balaban J connectivity index is 1.78. The summed E-state index contributed by atoms with van der Waals surface area (Å²) < 4.78 is 5.13. The molecule has 0 atom stereocenters. The third kappa shape index (κ3) is 5.05. The van der Waals surface area contributed by atoms with Crippen LogP contribution in [0.1, 0.15) is 5.56 Å². The van der Waals surface area contributed by atoms with Crippen LogP contribution in [0.5, 0.6) is 5.75 Å². The topological polar surface area (TPSA) is 33.3 Å². The van der Waals surface area contributed by atoms with Crippen LogP contribution in [-0.4, -0.2) is 18.8 Å². The first kappa shape index (κ1) is 16.9. The molecule has 0 fully saturated rings. The summed E-state index contributed by atoms with van der Waals surface area (Å²) in [5.74, 6) is 0.855. The molecule has 2 aromatic carbocycles. The number of anilines is 1. The van der Waals surface area contributed by atoms with Crippen molar-refractivity contribution >= 4 is 46.2 Å². The molecular formula is C16H16Cl2N2OS. The maximum absolute atomic E-state index is 5.96. The number of rotatable bonds is 5. The molecule has 116 valence electrons. The Labute approximate surface area is 145 Å². The molecule has 2 rings (SSSR count). The largest absolute Gasteiger partial charge is 0.497 e. The zero-order valence-electron chi connectivity index (χ0n) is 12.0. The zero-order chi connectivity index (χ0) is 15.9. The van der Waals surface area contributed by atoms with Gasteiger partial charge in [-0.2, -0.15) is 0 Å². The first-order valence-corrected chi connectivity index (χ1v) is 7.88. The van der Waals surface area contributed by atoms with Gasteiger partial charge < -0.3 is 15.4 Å². The molecule has 0 aliphatic heterocycles. The molecule has 3 nitrogen and oxygen atoms in total. The maximum atomic E-state index is 5.96. The van der Waals surface area contributed by atoms with Crippen molar-refractivity contribution in [1.82, 2.24) is 5.32 Å². The van der Waals surface area contributed by atoms with E-state index in [1.807, 2.05) is 30.3 Å². The minimum Gasteiger partial charge on any atom is -0.497 e. The van der Waals surface area contributed by atoms with Gasteiger partial charge in [0.2, 0.25) is 0 Å². The maximum Gasteiger partial charge on any atom is 0.170 e. The van der Waals surface area contributed by atoms with Crippen LogP contribution in [0.3, 0.4) is 0 Å². The van der Waals surface area contributed by atoms with Crippen LogP contribution < -0.4 is 15.4 Å². The highest BCUT2D eigenvalue weighted by Gasteiger charge is 2.02. The molecule has 2 N–H and O–H groups in total. The number of hydrogen-bond acceptors (Lipinski definition) is 2. The molecule has 0 saturated carbocycles. The molecule has 22 heavy (non-hydrogen) atoms. The highest BCUT2D eigenvalue weighted by atomic mass is 35.5. The van der Waals surface area contributed by atoms with Gasteiger partial charge in [0.15, 0.2) is 5.11 Å². The van der Waals surface area contributed by atoms with Gasteiger partial charge in [-0.1, -0.05) is 35.3 Å². The van der Waals surface area contributed by atoms with Crippen LogP contribution in [0, 0.1) is 0 Å². The molecule has 0 radical (unpaired) electrons. The van der Waals surface area contributed by atoms with Crippen LogP contribution in [0.25, 0.3) is 0 Å². The number of methoxy groups -OCH3 is 1. The van der Waals surface area contributed by atoms with Gasteiger partial charge in [0.25, 0.3) is 0 Å². The van der Waals surface area contributed by atoms with Gasteiger partial charge in [-0.3, -0.25) is 0 Å². The summed E-state index contributed by atoms with van der Waals surface area (Å²) in [5.41, 5.74) is 2.02. The van der Waals surface area contributed by atoms with Crippen LogP contribution in [0.4, 0.5) is 5.69 Å². The Kier molecular flexibility index (Phi) is 6.31. The average Bonchev–Trinajstić information content (AvgIpc) is 2.51. The molecule has 0 saturated heterocycles. The molecule has 0 aliphatic carbocycles. The minimum absolute atomic E-state index is 0.493. The zero-order valence-corrected chi connectivity index (χ0v) is 14.4. The number of halogens is 2. The van der Waals surface area contributed by atoms with E-state index >= 15 is 0 Å². The molecule has 0 aromatic heterocycles. The Morgan fingerprint density at radius 3 is 2.45 bits per heavy atom. The van der Waals surface area contributed by atoms with E-state index in [1.54, 1.807) is 19.2 Å². The van der Waals surface area contributed by atoms with Crippen molar-refractivity contribution in [3.63, 3.8) is 0 Å². The second kappa shape index (κ2) is 8.22.